The van der Waals surface area contributed by atoms with Gasteiger partial charge in [0.05, 0.1) is 0 Å². The minimum Gasteiger partial charge on any atom is -0.508 e. The fraction of sp³-hybridized carbons (Fsp3) is 0.133. The summed E-state index contributed by atoms with van der Waals surface area (Å²) in [5.74, 6) is -0.0513. The SMILES string of the molecule is Cc1ccc(C(=O)Nc2ccc(O)cc2C)cc1Cl. The average Bonchev–Trinajstić information content (AvgIpc) is 2.36. The zero-order valence-electron chi connectivity index (χ0n) is 10.7. The molecule has 0 spiro atoms. The van der Waals surface area contributed by atoms with Crippen LogP contribution in [0.15, 0.2) is 36.4 Å². The molecule has 2 N–H and O–H groups in total. The van der Waals surface area contributed by atoms with Crippen LogP contribution in [0.2, 0.25) is 5.02 Å². The van der Waals surface area contributed by atoms with Gasteiger partial charge in [-0.05, 0) is 55.3 Å². The Morgan fingerprint density at radius 1 is 1.11 bits per heavy atom. The van der Waals surface area contributed by atoms with E-state index in [4.69, 9.17) is 11.6 Å². The number of aromatic hydroxyl groups is 1. The second-order valence-electron chi connectivity index (χ2n) is 4.42. The molecule has 0 saturated heterocycles. The molecule has 2 rings (SSSR count). The number of halogens is 1. The van der Waals surface area contributed by atoms with Crippen LogP contribution in [-0.4, -0.2) is 11.0 Å². The van der Waals surface area contributed by atoms with Gasteiger partial charge in [-0.25, -0.2) is 0 Å². The smallest absolute Gasteiger partial charge is 0.255 e. The molecule has 0 aliphatic heterocycles. The number of phenols is 1. The summed E-state index contributed by atoms with van der Waals surface area (Å²) < 4.78 is 0. The van der Waals surface area contributed by atoms with Gasteiger partial charge in [0.25, 0.3) is 5.91 Å². The highest BCUT2D eigenvalue weighted by molar-refractivity contribution is 6.31. The predicted molar refractivity (Wildman–Crippen MR) is 77.0 cm³/mol. The lowest BCUT2D eigenvalue weighted by Crippen LogP contribution is -2.12. The van der Waals surface area contributed by atoms with Gasteiger partial charge in [0.15, 0.2) is 0 Å². The Morgan fingerprint density at radius 3 is 2.47 bits per heavy atom. The molecular formula is C15H14ClNO2. The highest BCUT2D eigenvalue weighted by Gasteiger charge is 2.09. The molecule has 3 nitrogen and oxygen atoms in total. The van der Waals surface area contributed by atoms with E-state index in [-0.39, 0.29) is 11.7 Å². The number of anilines is 1. The number of hydrogen-bond donors (Lipinski definition) is 2. The van der Waals surface area contributed by atoms with Crippen LogP contribution in [0.3, 0.4) is 0 Å². The molecule has 0 aliphatic carbocycles. The molecule has 0 unspecified atom stereocenters. The molecule has 0 atom stereocenters. The summed E-state index contributed by atoms with van der Waals surface area (Å²) in [5, 5.41) is 12.7. The van der Waals surface area contributed by atoms with Crippen molar-refractivity contribution in [2.24, 2.45) is 0 Å². The Balaban J connectivity index is 2.23. The molecule has 0 heterocycles. The van der Waals surface area contributed by atoms with Gasteiger partial charge in [-0.3, -0.25) is 4.79 Å². The first-order valence-corrected chi connectivity index (χ1v) is 6.22. The van der Waals surface area contributed by atoms with Crippen LogP contribution >= 0.6 is 11.6 Å². The molecule has 1 amide bonds. The first-order chi connectivity index (χ1) is 8.97. The fourth-order valence-electron chi connectivity index (χ4n) is 1.72. The van der Waals surface area contributed by atoms with Crippen molar-refractivity contribution >= 4 is 23.2 Å². The lowest BCUT2D eigenvalue weighted by atomic mass is 10.1. The zero-order valence-corrected chi connectivity index (χ0v) is 11.5. The average molecular weight is 276 g/mol. The van der Waals surface area contributed by atoms with Crippen LogP contribution < -0.4 is 5.32 Å². The van der Waals surface area contributed by atoms with Gasteiger partial charge < -0.3 is 10.4 Å². The number of phenolic OH excluding ortho intramolecular Hbond substituents is 1. The van der Waals surface area contributed by atoms with Gasteiger partial charge in [0.1, 0.15) is 5.75 Å². The largest absolute Gasteiger partial charge is 0.508 e. The molecule has 98 valence electrons. The Hall–Kier alpha value is -2.00. The summed E-state index contributed by atoms with van der Waals surface area (Å²) in [5.41, 5.74) is 2.90. The van der Waals surface area contributed by atoms with Gasteiger partial charge in [0, 0.05) is 16.3 Å². The van der Waals surface area contributed by atoms with Crippen molar-refractivity contribution in [1.82, 2.24) is 0 Å². The highest BCUT2D eigenvalue weighted by atomic mass is 35.5. The molecule has 4 heteroatoms. The molecule has 0 bridgehead atoms. The Morgan fingerprint density at radius 2 is 1.84 bits per heavy atom. The maximum atomic E-state index is 12.1. The summed E-state index contributed by atoms with van der Waals surface area (Å²) in [6, 6.07) is 9.97. The van der Waals surface area contributed by atoms with Crippen molar-refractivity contribution in [3.05, 3.63) is 58.1 Å². The van der Waals surface area contributed by atoms with E-state index in [9.17, 15) is 9.90 Å². The van der Waals surface area contributed by atoms with E-state index in [2.05, 4.69) is 5.32 Å². The van der Waals surface area contributed by atoms with Crippen molar-refractivity contribution in [3.63, 3.8) is 0 Å². The number of benzene rings is 2. The second kappa shape index (κ2) is 5.33. The van der Waals surface area contributed by atoms with Crippen molar-refractivity contribution in [1.29, 1.82) is 0 Å². The Bertz CT molecular complexity index is 638. The van der Waals surface area contributed by atoms with E-state index in [0.717, 1.165) is 11.1 Å². The lowest BCUT2D eigenvalue weighted by molar-refractivity contribution is 0.102. The normalized spacial score (nSPS) is 10.3. The third-order valence-electron chi connectivity index (χ3n) is 2.89. The van der Waals surface area contributed by atoms with E-state index in [1.165, 1.54) is 6.07 Å². The number of rotatable bonds is 2. The third kappa shape index (κ3) is 3.06. The van der Waals surface area contributed by atoms with E-state index in [0.29, 0.717) is 16.3 Å². The maximum absolute atomic E-state index is 12.1. The van der Waals surface area contributed by atoms with Gasteiger partial charge in [-0.15, -0.1) is 0 Å². The van der Waals surface area contributed by atoms with Crippen LogP contribution in [0.4, 0.5) is 5.69 Å². The molecule has 0 aromatic heterocycles. The lowest BCUT2D eigenvalue weighted by Gasteiger charge is -2.09. The van der Waals surface area contributed by atoms with Gasteiger partial charge >= 0.3 is 0 Å². The highest BCUT2D eigenvalue weighted by Crippen LogP contribution is 2.22. The van der Waals surface area contributed by atoms with E-state index < -0.39 is 0 Å². The molecular weight excluding hydrogens is 262 g/mol. The van der Waals surface area contributed by atoms with Crippen LogP contribution in [-0.2, 0) is 0 Å². The molecule has 2 aromatic carbocycles. The minimum absolute atomic E-state index is 0.175. The summed E-state index contributed by atoms with van der Waals surface area (Å²) in [4.78, 5) is 12.1. The summed E-state index contributed by atoms with van der Waals surface area (Å²) in [6.07, 6.45) is 0. The number of aryl methyl sites for hydroxylation is 2. The molecule has 2 aromatic rings. The topological polar surface area (TPSA) is 49.3 Å². The van der Waals surface area contributed by atoms with Crippen molar-refractivity contribution in [2.75, 3.05) is 5.32 Å². The van der Waals surface area contributed by atoms with E-state index in [1.807, 2.05) is 13.8 Å². The van der Waals surface area contributed by atoms with Gasteiger partial charge in [-0.1, -0.05) is 17.7 Å². The fourth-order valence-corrected chi connectivity index (χ4v) is 1.90. The summed E-state index contributed by atoms with van der Waals surface area (Å²) >= 11 is 6.00. The summed E-state index contributed by atoms with van der Waals surface area (Å²) in [7, 11) is 0. The van der Waals surface area contributed by atoms with Crippen LogP contribution in [0.1, 0.15) is 21.5 Å². The van der Waals surface area contributed by atoms with Crippen LogP contribution in [0, 0.1) is 13.8 Å². The molecule has 0 saturated carbocycles. The zero-order chi connectivity index (χ0) is 14.0. The maximum Gasteiger partial charge on any atom is 0.255 e. The first kappa shape index (κ1) is 13.4. The summed E-state index contributed by atoms with van der Waals surface area (Å²) in [6.45, 7) is 3.70. The third-order valence-corrected chi connectivity index (χ3v) is 3.30. The monoisotopic (exact) mass is 275 g/mol. The van der Waals surface area contributed by atoms with Crippen LogP contribution in [0.25, 0.3) is 0 Å². The number of amides is 1. The van der Waals surface area contributed by atoms with Crippen molar-refractivity contribution < 1.29 is 9.90 Å². The second-order valence-corrected chi connectivity index (χ2v) is 4.82. The molecule has 0 aliphatic rings. The van der Waals surface area contributed by atoms with Crippen LogP contribution in [0.5, 0.6) is 5.75 Å². The van der Waals surface area contributed by atoms with Gasteiger partial charge in [0.2, 0.25) is 0 Å². The Labute approximate surface area is 116 Å². The quantitative estimate of drug-likeness (QED) is 0.816. The molecule has 0 radical (unpaired) electrons. The number of nitrogens with one attached hydrogen (secondary N) is 1. The number of carbonyl (C=O) groups is 1. The van der Waals surface area contributed by atoms with Gasteiger partial charge in [-0.2, -0.15) is 0 Å². The van der Waals surface area contributed by atoms with Crippen molar-refractivity contribution in [3.8, 4) is 5.75 Å². The van der Waals surface area contributed by atoms with E-state index in [1.54, 1.807) is 30.3 Å². The van der Waals surface area contributed by atoms with Crippen molar-refractivity contribution in [2.45, 2.75) is 13.8 Å². The predicted octanol–water partition coefficient (Wildman–Crippen LogP) is 3.91. The first-order valence-electron chi connectivity index (χ1n) is 5.84. The standard InChI is InChI=1S/C15H14ClNO2/c1-9-3-4-11(8-13(9)16)15(19)17-14-6-5-12(18)7-10(14)2/h3-8,18H,1-2H3,(H,17,19). The minimum atomic E-state index is -0.226. The number of carbonyl (C=O) groups excluding carboxylic acids is 1. The molecule has 0 fully saturated rings. The van der Waals surface area contributed by atoms with E-state index >= 15 is 0 Å². The Kier molecular flexibility index (Phi) is 3.76. The molecule has 19 heavy (non-hydrogen) atoms. The number of hydrogen-bond acceptors (Lipinski definition) is 2.